The van der Waals surface area contributed by atoms with E-state index < -0.39 is 10.0 Å². The number of hydrogen-bond acceptors (Lipinski definition) is 2. The molecule has 0 aliphatic carbocycles. The van der Waals surface area contributed by atoms with Gasteiger partial charge in [-0.3, -0.25) is 0 Å². The summed E-state index contributed by atoms with van der Waals surface area (Å²) in [6.45, 7) is 3.32. The molecule has 1 rings (SSSR count). The van der Waals surface area contributed by atoms with Crippen molar-refractivity contribution in [2.45, 2.75) is 38.3 Å². The third-order valence-corrected chi connectivity index (χ3v) is 6.02. The maximum absolute atomic E-state index is 10.1. The Labute approximate surface area is 89.8 Å². The molecule has 0 bridgehead atoms. The maximum atomic E-state index is 10.1. The first-order valence-electron chi connectivity index (χ1n) is 5.65. The van der Waals surface area contributed by atoms with Gasteiger partial charge in [-0.25, -0.2) is 10.0 Å². The van der Waals surface area contributed by atoms with E-state index >= 15 is 0 Å². The van der Waals surface area contributed by atoms with E-state index in [2.05, 4.69) is 24.8 Å². The van der Waals surface area contributed by atoms with Crippen molar-refractivity contribution in [3.05, 3.63) is 0 Å². The van der Waals surface area contributed by atoms with Crippen LogP contribution in [0.15, 0.2) is 0 Å². The minimum Gasteiger partial charge on any atom is -0.391 e. The first-order valence-corrected chi connectivity index (χ1v) is 8.44. The molecule has 1 saturated heterocycles. The zero-order chi connectivity index (χ0) is 10.6. The summed E-state index contributed by atoms with van der Waals surface area (Å²) >= 11 is 0. The Morgan fingerprint density at radius 1 is 1.43 bits per heavy atom. The van der Waals surface area contributed by atoms with E-state index in [4.69, 9.17) is 0 Å². The molecule has 2 nitrogen and oxygen atoms in total. The van der Waals surface area contributed by atoms with E-state index in [1.54, 1.807) is 0 Å². The minimum absolute atomic E-state index is 0.125. The molecular formula is C11H25NOS. The molecule has 0 spiro atoms. The van der Waals surface area contributed by atoms with Crippen molar-refractivity contribution in [3.63, 3.8) is 0 Å². The molecule has 2 N–H and O–H groups in total. The lowest BCUT2D eigenvalue weighted by Crippen LogP contribution is -2.45. The van der Waals surface area contributed by atoms with Gasteiger partial charge in [0.2, 0.25) is 0 Å². The van der Waals surface area contributed by atoms with E-state index in [-0.39, 0.29) is 6.10 Å². The third kappa shape index (κ3) is 3.79. The largest absolute Gasteiger partial charge is 0.391 e. The Bertz CT molecular complexity index is 167. The highest BCUT2D eigenvalue weighted by atomic mass is 32.3. The zero-order valence-electron chi connectivity index (χ0n) is 9.75. The molecule has 1 aliphatic heterocycles. The van der Waals surface area contributed by atoms with Crippen molar-refractivity contribution in [2.24, 2.45) is 0 Å². The lowest BCUT2D eigenvalue weighted by molar-refractivity contribution is 0.133. The van der Waals surface area contributed by atoms with Crippen LogP contribution in [0, 0.1) is 0 Å². The van der Waals surface area contributed by atoms with Gasteiger partial charge < -0.3 is 10.4 Å². The van der Waals surface area contributed by atoms with Crippen LogP contribution in [0.2, 0.25) is 0 Å². The summed E-state index contributed by atoms with van der Waals surface area (Å²) in [7, 11) is -0.558. The summed E-state index contributed by atoms with van der Waals surface area (Å²) in [6, 6.07) is 0.363. The normalized spacial score (nSPS) is 27.3. The van der Waals surface area contributed by atoms with Gasteiger partial charge in [0.15, 0.2) is 0 Å². The van der Waals surface area contributed by atoms with Crippen LogP contribution in [-0.4, -0.2) is 47.8 Å². The summed E-state index contributed by atoms with van der Waals surface area (Å²) in [5.74, 6) is 2.22. The van der Waals surface area contributed by atoms with Gasteiger partial charge >= 0.3 is 0 Å². The molecule has 0 aromatic carbocycles. The van der Waals surface area contributed by atoms with Crippen molar-refractivity contribution in [2.75, 3.05) is 30.6 Å². The van der Waals surface area contributed by atoms with E-state index in [0.29, 0.717) is 6.04 Å². The first kappa shape index (κ1) is 12.3. The molecule has 0 aromatic rings. The molecule has 0 amide bonds. The predicted molar refractivity (Wildman–Crippen MR) is 66.5 cm³/mol. The highest BCUT2D eigenvalue weighted by molar-refractivity contribution is 8.32. The molecule has 1 fully saturated rings. The second-order valence-electron chi connectivity index (χ2n) is 4.85. The number of aliphatic hydroxyl groups excluding tert-OH is 1. The second-order valence-corrected chi connectivity index (χ2v) is 9.29. The third-order valence-electron chi connectivity index (χ3n) is 3.22. The van der Waals surface area contributed by atoms with Gasteiger partial charge in [-0.15, -0.1) is 0 Å². The number of nitrogens with one attached hydrogen (secondary N) is 1. The molecule has 86 valence electrons. The summed E-state index contributed by atoms with van der Waals surface area (Å²) in [6.07, 6.45) is 8.21. The quantitative estimate of drug-likeness (QED) is 0.752. The number of rotatable bonds is 4. The molecule has 0 radical (unpaired) electrons. The smallest absolute Gasteiger partial charge is 0.0768 e. The molecular weight excluding hydrogens is 194 g/mol. The lowest BCUT2D eigenvalue weighted by Gasteiger charge is -2.36. The van der Waals surface area contributed by atoms with E-state index in [1.807, 2.05) is 0 Å². The summed E-state index contributed by atoms with van der Waals surface area (Å²) < 4.78 is 0. The fourth-order valence-corrected chi connectivity index (χ4v) is 3.30. The molecule has 1 heterocycles. The molecule has 0 aromatic heterocycles. The molecule has 3 heteroatoms. The van der Waals surface area contributed by atoms with Crippen molar-refractivity contribution in [1.29, 1.82) is 0 Å². The maximum Gasteiger partial charge on any atom is 0.0768 e. The van der Waals surface area contributed by atoms with Crippen LogP contribution in [0.5, 0.6) is 0 Å². The fourth-order valence-electron chi connectivity index (χ4n) is 1.90. The van der Waals surface area contributed by atoms with Gasteiger partial charge in [0.25, 0.3) is 0 Å². The van der Waals surface area contributed by atoms with Gasteiger partial charge in [-0.2, -0.15) is 0 Å². The average molecular weight is 219 g/mol. The standard InChI is InChI=1S/C11H25NOS/c1-4-14(2,3)9-11(13)10-7-5-6-8-12-10/h10-13H,4-9H2,1-3H3/t10-,11-/m0/s1. The Hall–Kier alpha value is 0.270. The van der Waals surface area contributed by atoms with Crippen LogP contribution in [0.3, 0.4) is 0 Å². The van der Waals surface area contributed by atoms with Crippen LogP contribution < -0.4 is 5.32 Å². The predicted octanol–water partition coefficient (Wildman–Crippen LogP) is 1.57. The Morgan fingerprint density at radius 3 is 2.64 bits per heavy atom. The summed E-state index contributed by atoms with van der Waals surface area (Å²) in [5, 5.41) is 13.5. The molecule has 2 atom stereocenters. The Morgan fingerprint density at radius 2 is 2.14 bits per heavy atom. The number of piperidine rings is 1. The molecule has 14 heavy (non-hydrogen) atoms. The van der Waals surface area contributed by atoms with E-state index in [0.717, 1.165) is 18.7 Å². The van der Waals surface area contributed by atoms with Crippen LogP contribution in [-0.2, 0) is 0 Å². The van der Waals surface area contributed by atoms with Crippen molar-refractivity contribution < 1.29 is 5.11 Å². The van der Waals surface area contributed by atoms with Crippen LogP contribution in [0.4, 0.5) is 0 Å². The zero-order valence-corrected chi connectivity index (χ0v) is 10.6. The highest BCUT2D eigenvalue weighted by Gasteiger charge is 2.24. The number of aliphatic hydroxyl groups is 1. The van der Waals surface area contributed by atoms with Crippen molar-refractivity contribution in [1.82, 2.24) is 5.32 Å². The SMILES string of the molecule is CCS(C)(C)C[C@H](O)[C@@H]1CCCCN1. The van der Waals surface area contributed by atoms with Gasteiger partial charge in [0, 0.05) is 11.8 Å². The van der Waals surface area contributed by atoms with Gasteiger partial charge in [0.05, 0.1) is 6.10 Å². The van der Waals surface area contributed by atoms with Crippen LogP contribution in [0.25, 0.3) is 0 Å². The van der Waals surface area contributed by atoms with Gasteiger partial charge in [-0.05, 0) is 37.7 Å². The van der Waals surface area contributed by atoms with Crippen molar-refractivity contribution >= 4 is 10.0 Å². The highest BCUT2D eigenvalue weighted by Crippen LogP contribution is 2.40. The average Bonchev–Trinajstić information content (AvgIpc) is 2.19. The van der Waals surface area contributed by atoms with E-state index in [9.17, 15) is 5.11 Å². The Kier molecular flexibility index (Phi) is 4.74. The van der Waals surface area contributed by atoms with Crippen LogP contribution in [0.1, 0.15) is 26.2 Å². The monoisotopic (exact) mass is 219 g/mol. The van der Waals surface area contributed by atoms with Gasteiger partial charge in [0.1, 0.15) is 0 Å². The Balaban J connectivity index is 2.36. The van der Waals surface area contributed by atoms with Gasteiger partial charge in [-0.1, -0.05) is 13.3 Å². The summed E-state index contributed by atoms with van der Waals surface area (Å²) in [5.41, 5.74) is 0. The lowest BCUT2D eigenvalue weighted by atomic mass is 10.0. The number of hydrogen-bond donors (Lipinski definition) is 2. The van der Waals surface area contributed by atoms with E-state index in [1.165, 1.54) is 18.6 Å². The second kappa shape index (κ2) is 5.38. The first-order chi connectivity index (χ1) is 6.55. The minimum atomic E-state index is -0.558. The molecule has 0 unspecified atom stereocenters. The summed E-state index contributed by atoms with van der Waals surface area (Å²) in [4.78, 5) is 0. The van der Waals surface area contributed by atoms with Crippen LogP contribution >= 0.6 is 10.0 Å². The fraction of sp³-hybridized carbons (Fsp3) is 1.00. The van der Waals surface area contributed by atoms with Crippen molar-refractivity contribution in [3.8, 4) is 0 Å². The topological polar surface area (TPSA) is 32.3 Å². The molecule has 1 aliphatic rings. The molecule has 0 saturated carbocycles.